The van der Waals surface area contributed by atoms with Crippen molar-refractivity contribution in [2.45, 2.75) is 44.1 Å². The molecule has 1 amide bonds. The number of amides is 1. The maximum Gasteiger partial charge on any atom is 0.416 e. The molecule has 2 aliphatic heterocycles. The number of fused-ring (bicyclic) bond motifs is 2. The highest BCUT2D eigenvalue weighted by atomic mass is 19.4. The molecule has 2 atom stereocenters. The van der Waals surface area contributed by atoms with Gasteiger partial charge in [-0.3, -0.25) is 4.90 Å². The summed E-state index contributed by atoms with van der Waals surface area (Å²) in [5.41, 5.74) is 2.09. The van der Waals surface area contributed by atoms with Gasteiger partial charge in [-0.05, 0) is 36.5 Å². The highest BCUT2D eigenvalue weighted by Crippen LogP contribution is 2.32. The fraction of sp³-hybridized carbons (Fsp3) is 0.375. The first-order chi connectivity index (χ1) is 14.9. The van der Waals surface area contributed by atoms with Gasteiger partial charge >= 0.3 is 12.3 Å². The molecule has 2 aliphatic rings. The summed E-state index contributed by atoms with van der Waals surface area (Å²) in [4.78, 5) is 14.5. The van der Waals surface area contributed by atoms with Crippen LogP contribution in [0.25, 0.3) is 0 Å². The van der Waals surface area contributed by atoms with Gasteiger partial charge in [0.1, 0.15) is 6.61 Å². The number of hydrogen-bond donors (Lipinski definition) is 0. The summed E-state index contributed by atoms with van der Waals surface area (Å²) < 4.78 is 49.9. The second-order valence-corrected chi connectivity index (χ2v) is 7.93. The number of hydrogen-bond acceptors (Lipinski definition) is 3. The lowest BCUT2D eigenvalue weighted by atomic mass is 9.90. The molecule has 31 heavy (non-hydrogen) atoms. The molecular weight excluding hydrogens is 407 g/mol. The Morgan fingerprint density at radius 3 is 2.55 bits per heavy atom. The van der Waals surface area contributed by atoms with E-state index in [0.717, 1.165) is 17.2 Å². The van der Waals surface area contributed by atoms with Gasteiger partial charge in [0.25, 0.3) is 0 Å². The predicted molar refractivity (Wildman–Crippen MR) is 109 cm³/mol. The first kappa shape index (κ1) is 21.4. The predicted octanol–water partition coefficient (Wildman–Crippen LogP) is 5.37. The highest BCUT2D eigenvalue weighted by molar-refractivity contribution is 5.69. The Balaban J connectivity index is 1.38. The average Bonchev–Trinajstić information content (AvgIpc) is 2.76. The summed E-state index contributed by atoms with van der Waals surface area (Å²) in [5.74, 6) is 0. The minimum Gasteiger partial charge on any atom is -0.445 e. The molecule has 2 aromatic rings. The molecular formula is C24H24F3NO3. The molecule has 1 saturated heterocycles. The molecule has 4 nitrogen and oxygen atoms in total. The van der Waals surface area contributed by atoms with Crippen molar-refractivity contribution in [2.24, 2.45) is 0 Å². The van der Waals surface area contributed by atoms with E-state index in [0.29, 0.717) is 38.0 Å². The molecule has 0 saturated carbocycles. The molecule has 2 aromatic carbocycles. The molecule has 1 fully saturated rings. The molecule has 0 radical (unpaired) electrons. The van der Waals surface area contributed by atoms with E-state index < -0.39 is 11.7 Å². The lowest BCUT2D eigenvalue weighted by Crippen LogP contribution is -2.56. The van der Waals surface area contributed by atoms with Gasteiger partial charge < -0.3 is 9.47 Å². The number of carbonyl (C=O) groups is 1. The smallest absolute Gasteiger partial charge is 0.416 e. The van der Waals surface area contributed by atoms with Crippen LogP contribution in [0.15, 0.2) is 66.2 Å². The zero-order valence-electron chi connectivity index (χ0n) is 17.0. The first-order valence-electron chi connectivity index (χ1n) is 10.3. The first-order valence-corrected chi connectivity index (χ1v) is 10.3. The lowest BCUT2D eigenvalue weighted by molar-refractivity contribution is -0.137. The Kier molecular flexibility index (Phi) is 6.32. The number of morpholine rings is 1. The quantitative estimate of drug-likeness (QED) is 0.597. The van der Waals surface area contributed by atoms with E-state index in [1.807, 2.05) is 36.4 Å². The third kappa shape index (κ3) is 5.28. The largest absolute Gasteiger partial charge is 0.445 e. The number of nitrogens with zero attached hydrogens (tertiary/aromatic N) is 1. The van der Waals surface area contributed by atoms with Crippen LogP contribution < -0.4 is 0 Å². The summed E-state index contributed by atoms with van der Waals surface area (Å²) >= 11 is 0. The van der Waals surface area contributed by atoms with Gasteiger partial charge in [-0.15, -0.1) is 0 Å². The molecule has 2 bridgehead atoms. The number of carbonyl (C=O) groups excluding carboxylic acids is 1. The van der Waals surface area contributed by atoms with Crippen molar-refractivity contribution in [3.63, 3.8) is 0 Å². The van der Waals surface area contributed by atoms with Gasteiger partial charge in [-0.1, -0.05) is 60.2 Å². The van der Waals surface area contributed by atoms with E-state index in [1.54, 1.807) is 11.0 Å². The standard InChI is InChI=1S/C24H24F3NO3/c25-24(26,27)20-8-4-7-17(11-20)9-10-19-12-21-15-30-16-22(13-19)28(21)23(29)31-14-18-5-2-1-3-6-18/h1-8,11-12,21-22H,9-10,13-16H2. The Bertz CT molecular complexity index is 943. The maximum atomic E-state index is 12.9. The number of ether oxygens (including phenoxy) is 2. The number of halogens is 3. The molecule has 0 N–H and O–H groups in total. The van der Waals surface area contributed by atoms with Gasteiger partial charge in [0, 0.05) is 0 Å². The van der Waals surface area contributed by atoms with Crippen molar-refractivity contribution < 1.29 is 27.4 Å². The fourth-order valence-electron chi connectivity index (χ4n) is 4.16. The van der Waals surface area contributed by atoms with Crippen LogP contribution in [-0.4, -0.2) is 36.3 Å². The summed E-state index contributed by atoms with van der Waals surface area (Å²) in [7, 11) is 0. The summed E-state index contributed by atoms with van der Waals surface area (Å²) in [6.45, 7) is 1.03. The number of rotatable bonds is 5. The van der Waals surface area contributed by atoms with Crippen LogP contribution in [0.4, 0.5) is 18.0 Å². The Hall–Kier alpha value is -2.80. The number of benzene rings is 2. The minimum atomic E-state index is -4.34. The zero-order valence-corrected chi connectivity index (χ0v) is 17.0. The molecule has 0 aliphatic carbocycles. The second kappa shape index (κ2) is 9.14. The van der Waals surface area contributed by atoms with Gasteiger partial charge in [0.15, 0.2) is 0 Å². The molecule has 0 spiro atoms. The third-order valence-corrected chi connectivity index (χ3v) is 5.68. The highest BCUT2D eigenvalue weighted by Gasteiger charge is 2.38. The van der Waals surface area contributed by atoms with E-state index in [9.17, 15) is 18.0 Å². The molecule has 0 aromatic heterocycles. The van der Waals surface area contributed by atoms with Crippen LogP contribution >= 0.6 is 0 Å². The van der Waals surface area contributed by atoms with Crippen LogP contribution in [0.3, 0.4) is 0 Å². The summed E-state index contributed by atoms with van der Waals surface area (Å²) in [5, 5.41) is 0. The van der Waals surface area contributed by atoms with Crippen LogP contribution in [0.5, 0.6) is 0 Å². The van der Waals surface area contributed by atoms with Crippen molar-refractivity contribution in [1.82, 2.24) is 4.90 Å². The monoisotopic (exact) mass is 431 g/mol. The van der Waals surface area contributed by atoms with E-state index in [2.05, 4.69) is 0 Å². The van der Waals surface area contributed by atoms with Crippen LogP contribution in [0, 0.1) is 0 Å². The molecule has 7 heteroatoms. The fourth-order valence-corrected chi connectivity index (χ4v) is 4.16. The topological polar surface area (TPSA) is 38.8 Å². The van der Waals surface area contributed by atoms with Gasteiger partial charge in [-0.25, -0.2) is 4.79 Å². The van der Waals surface area contributed by atoms with Crippen LogP contribution in [-0.2, 0) is 28.7 Å². The Labute approximate surface area is 179 Å². The van der Waals surface area contributed by atoms with Crippen molar-refractivity contribution >= 4 is 6.09 Å². The minimum absolute atomic E-state index is 0.122. The van der Waals surface area contributed by atoms with E-state index >= 15 is 0 Å². The van der Waals surface area contributed by atoms with Gasteiger partial charge in [-0.2, -0.15) is 13.2 Å². The maximum absolute atomic E-state index is 12.9. The normalized spacial score (nSPS) is 20.9. The van der Waals surface area contributed by atoms with Crippen molar-refractivity contribution in [3.8, 4) is 0 Å². The van der Waals surface area contributed by atoms with Crippen LogP contribution in [0.2, 0.25) is 0 Å². The Morgan fingerprint density at radius 2 is 1.81 bits per heavy atom. The van der Waals surface area contributed by atoms with Gasteiger partial charge in [0.2, 0.25) is 0 Å². The number of aryl methyl sites for hydroxylation is 1. The lowest BCUT2D eigenvalue weighted by Gasteiger charge is -2.43. The SMILES string of the molecule is O=C(OCc1ccccc1)N1C2C=C(CCc3cccc(C(F)(F)F)c3)CC1COC2. The van der Waals surface area contributed by atoms with Crippen molar-refractivity contribution in [3.05, 3.63) is 82.9 Å². The molecule has 2 heterocycles. The van der Waals surface area contributed by atoms with Crippen molar-refractivity contribution in [2.75, 3.05) is 13.2 Å². The average molecular weight is 431 g/mol. The zero-order chi connectivity index (χ0) is 21.8. The third-order valence-electron chi connectivity index (χ3n) is 5.68. The van der Waals surface area contributed by atoms with Gasteiger partial charge in [0.05, 0.1) is 30.9 Å². The Morgan fingerprint density at radius 1 is 1.03 bits per heavy atom. The van der Waals surface area contributed by atoms with E-state index in [-0.39, 0.29) is 24.8 Å². The van der Waals surface area contributed by atoms with Crippen LogP contribution in [0.1, 0.15) is 29.5 Å². The molecule has 4 rings (SSSR count). The summed E-state index contributed by atoms with van der Waals surface area (Å²) in [6, 6.07) is 14.6. The number of alkyl halides is 3. The molecule has 2 unspecified atom stereocenters. The van der Waals surface area contributed by atoms with E-state index in [4.69, 9.17) is 9.47 Å². The van der Waals surface area contributed by atoms with Crippen molar-refractivity contribution in [1.29, 1.82) is 0 Å². The van der Waals surface area contributed by atoms with E-state index in [1.165, 1.54) is 12.1 Å². The summed E-state index contributed by atoms with van der Waals surface area (Å²) in [6.07, 6.45) is -0.886. The second-order valence-electron chi connectivity index (χ2n) is 7.93. The molecule has 164 valence electrons.